The number of allylic oxidation sites excluding steroid dienone is 3. The van der Waals surface area contributed by atoms with E-state index < -0.39 is 0 Å². The van der Waals surface area contributed by atoms with Crippen molar-refractivity contribution >= 4 is 0 Å². The zero-order valence-corrected chi connectivity index (χ0v) is 24.2. The molecular weight excluding hydrogens is 462 g/mol. The molecule has 0 N–H and O–H groups in total. The van der Waals surface area contributed by atoms with Crippen molar-refractivity contribution in [2.24, 2.45) is 0 Å². The fourth-order valence-electron chi connectivity index (χ4n) is 6.16. The van der Waals surface area contributed by atoms with Crippen LogP contribution in [0, 0.1) is 0 Å². The average Bonchev–Trinajstić information content (AvgIpc) is 2.90. The van der Waals surface area contributed by atoms with Crippen molar-refractivity contribution in [2.75, 3.05) is 0 Å². The Labute approximate surface area is 231 Å². The van der Waals surface area contributed by atoms with Crippen molar-refractivity contribution < 1.29 is 4.74 Å². The van der Waals surface area contributed by atoms with Gasteiger partial charge in [-0.25, -0.2) is 0 Å². The molecular formula is C36H45NO. The summed E-state index contributed by atoms with van der Waals surface area (Å²) in [7, 11) is 0. The Morgan fingerprint density at radius 3 is 1.82 bits per heavy atom. The summed E-state index contributed by atoms with van der Waals surface area (Å²) in [5, 5.41) is 0. The number of hydrogen-bond donors (Lipinski definition) is 0. The highest BCUT2D eigenvalue weighted by Gasteiger charge is 2.43. The van der Waals surface area contributed by atoms with Crippen LogP contribution in [0.5, 0.6) is 5.75 Å². The number of nitrogens with zero attached hydrogens (tertiary/aromatic N) is 1. The summed E-state index contributed by atoms with van der Waals surface area (Å²) in [5.74, 6) is 1.47. The van der Waals surface area contributed by atoms with Gasteiger partial charge in [0.1, 0.15) is 12.4 Å². The van der Waals surface area contributed by atoms with Crippen LogP contribution in [0.15, 0.2) is 97.2 Å². The van der Waals surface area contributed by atoms with Crippen molar-refractivity contribution in [3.05, 3.63) is 114 Å². The van der Waals surface area contributed by atoms with E-state index in [9.17, 15) is 0 Å². The average molecular weight is 508 g/mol. The molecule has 0 atom stereocenters. The molecule has 1 heterocycles. The van der Waals surface area contributed by atoms with Gasteiger partial charge in [-0.2, -0.15) is 0 Å². The number of hydrogen-bond acceptors (Lipinski definition) is 2. The topological polar surface area (TPSA) is 12.5 Å². The van der Waals surface area contributed by atoms with E-state index in [1.54, 1.807) is 0 Å². The maximum absolute atomic E-state index is 6.15. The third-order valence-corrected chi connectivity index (χ3v) is 7.93. The molecule has 2 heteroatoms. The van der Waals surface area contributed by atoms with Crippen molar-refractivity contribution in [3.8, 4) is 16.9 Å². The van der Waals surface area contributed by atoms with Gasteiger partial charge in [0, 0.05) is 11.1 Å². The molecule has 0 bridgehead atoms. The van der Waals surface area contributed by atoms with E-state index in [1.807, 2.05) is 0 Å². The quantitative estimate of drug-likeness (QED) is 0.267. The summed E-state index contributed by atoms with van der Waals surface area (Å²) in [6, 6.07) is 26.5. The van der Waals surface area contributed by atoms with Crippen LogP contribution >= 0.6 is 0 Å². The first-order valence-corrected chi connectivity index (χ1v) is 14.2. The number of likely N-dealkylation sites (tertiary alicyclic amines) is 1. The Kier molecular flexibility index (Phi) is 8.82. The third-order valence-electron chi connectivity index (χ3n) is 7.93. The molecule has 3 aromatic carbocycles. The minimum Gasteiger partial charge on any atom is -0.489 e. The van der Waals surface area contributed by atoms with Crippen LogP contribution in [0.2, 0.25) is 0 Å². The normalized spacial score (nSPS) is 17.4. The third kappa shape index (κ3) is 6.78. The van der Waals surface area contributed by atoms with Crippen LogP contribution in [0.3, 0.4) is 0 Å². The van der Waals surface area contributed by atoms with Gasteiger partial charge in [0.25, 0.3) is 0 Å². The highest BCUT2D eigenvalue weighted by atomic mass is 16.5. The van der Waals surface area contributed by atoms with E-state index in [0.717, 1.165) is 31.4 Å². The number of piperidine rings is 1. The molecule has 0 amide bonds. The Hall–Kier alpha value is -3.26. The van der Waals surface area contributed by atoms with Crippen LogP contribution < -0.4 is 4.74 Å². The summed E-state index contributed by atoms with van der Waals surface area (Å²) < 4.78 is 6.15. The number of rotatable bonds is 9. The maximum Gasteiger partial charge on any atom is 0.119 e. The summed E-state index contributed by atoms with van der Waals surface area (Å²) in [5.41, 5.74) is 6.71. The second-order valence-electron chi connectivity index (χ2n) is 11.9. The largest absolute Gasteiger partial charge is 0.489 e. The summed E-state index contributed by atoms with van der Waals surface area (Å²) in [4.78, 5) is 2.54. The Bertz CT molecular complexity index is 1200. The van der Waals surface area contributed by atoms with Gasteiger partial charge in [0.15, 0.2) is 0 Å². The lowest BCUT2D eigenvalue weighted by Crippen LogP contribution is -2.57. The molecule has 0 spiro atoms. The van der Waals surface area contributed by atoms with Gasteiger partial charge in [-0.15, -0.1) is 0 Å². The van der Waals surface area contributed by atoms with Crippen molar-refractivity contribution in [2.45, 2.75) is 90.8 Å². The van der Waals surface area contributed by atoms with Gasteiger partial charge in [0.2, 0.25) is 0 Å². The number of benzene rings is 3. The summed E-state index contributed by atoms with van der Waals surface area (Å²) in [6.07, 6.45) is 13.2. The number of ether oxygens (including phenoxy) is 1. The lowest BCUT2D eigenvalue weighted by Gasteiger charge is -2.55. The molecule has 38 heavy (non-hydrogen) atoms. The molecule has 1 aliphatic heterocycles. The SMILES string of the molecule is C/C=C/CCc1ccc(-c2ccc(COc3ccc(C4CC(C)(C)N(/C=C/C)C(C)(C)C4)cc3)cc2)cc1. The summed E-state index contributed by atoms with van der Waals surface area (Å²) >= 11 is 0. The molecule has 0 aliphatic carbocycles. The minimum atomic E-state index is 0.120. The summed E-state index contributed by atoms with van der Waals surface area (Å²) in [6.45, 7) is 14.2. The van der Waals surface area contributed by atoms with Crippen LogP contribution in [-0.2, 0) is 13.0 Å². The Balaban J connectivity index is 1.33. The maximum atomic E-state index is 6.15. The molecule has 1 fully saturated rings. The first-order chi connectivity index (χ1) is 18.2. The van der Waals surface area contributed by atoms with E-state index in [-0.39, 0.29) is 11.1 Å². The Morgan fingerprint density at radius 1 is 0.737 bits per heavy atom. The van der Waals surface area contributed by atoms with Crippen LogP contribution in [0.1, 0.15) is 83.4 Å². The smallest absolute Gasteiger partial charge is 0.119 e. The molecule has 0 aromatic heterocycles. The van der Waals surface area contributed by atoms with E-state index in [4.69, 9.17) is 4.74 Å². The fraction of sp³-hybridized carbons (Fsp3) is 0.389. The molecule has 3 aromatic rings. The highest BCUT2D eigenvalue weighted by Crippen LogP contribution is 2.46. The van der Waals surface area contributed by atoms with E-state index >= 15 is 0 Å². The van der Waals surface area contributed by atoms with Gasteiger partial charge >= 0.3 is 0 Å². The lowest BCUT2D eigenvalue weighted by molar-refractivity contribution is 0.00727. The zero-order valence-electron chi connectivity index (χ0n) is 24.2. The van der Waals surface area contributed by atoms with Gasteiger partial charge in [-0.1, -0.05) is 78.9 Å². The Morgan fingerprint density at radius 2 is 1.29 bits per heavy atom. The van der Waals surface area contributed by atoms with Crippen LogP contribution in [-0.4, -0.2) is 16.0 Å². The number of aryl methyl sites for hydroxylation is 1. The molecule has 1 saturated heterocycles. The van der Waals surface area contributed by atoms with Crippen molar-refractivity contribution in [1.82, 2.24) is 4.90 Å². The zero-order chi connectivity index (χ0) is 27.2. The van der Waals surface area contributed by atoms with E-state index in [1.165, 1.54) is 27.8 Å². The minimum absolute atomic E-state index is 0.120. The fourth-order valence-corrected chi connectivity index (χ4v) is 6.16. The van der Waals surface area contributed by atoms with E-state index in [2.05, 4.69) is 144 Å². The molecule has 4 rings (SSSR count). The standard InChI is InChI=1S/C36H45NO/c1-7-9-10-11-28-12-16-30(17-13-28)31-18-14-29(15-19-31)27-38-34-22-20-32(21-23-34)33-25-35(3,4)37(24-8-2)36(5,6)26-33/h7-9,12-24,33H,10-11,25-27H2,1-6H3/b9-7+,24-8+. The van der Waals surface area contributed by atoms with Gasteiger partial charge in [-0.3, -0.25) is 0 Å². The van der Waals surface area contributed by atoms with Gasteiger partial charge in [-0.05, 0) is 119 Å². The predicted octanol–water partition coefficient (Wildman–Crippen LogP) is 9.71. The van der Waals surface area contributed by atoms with Crippen molar-refractivity contribution in [1.29, 1.82) is 0 Å². The van der Waals surface area contributed by atoms with Crippen molar-refractivity contribution in [3.63, 3.8) is 0 Å². The molecule has 0 radical (unpaired) electrons. The first-order valence-electron chi connectivity index (χ1n) is 14.2. The highest BCUT2D eigenvalue weighted by molar-refractivity contribution is 5.64. The van der Waals surface area contributed by atoms with Crippen LogP contribution in [0.4, 0.5) is 0 Å². The second-order valence-corrected chi connectivity index (χ2v) is 11.9. The van der Waals surface area contributed by atoms with E-state index in [0.29, 0.717) is 12.5 Å². The predicted molar refractivity (Wildman–Crippen MR) is 163 cm³/mol. The molecule has 200 valence electrons. The first kappa shape index (κ1) is 27.8. The lowest BCUT2D eigenvalue weighted by atomic mass is 9.71. The molecule has 1 aliphatic rings. The van der Waals surface area contributed by atoms with Crippen LogP contribution in [0.25, 0.3) is 11.1 Å². The molecule has 0 saturated carbocycles. The monoisotopic (exact) mass is 507 g/mol. The second kappa shape index (κ2) is 12.1. The molecule has 2 nitrogen and oxygen atoms in total. The van der Waals surface area contributed by atoms with Gasteiger partial charge in [0.05, 0.1) is 0 Å². The molecule has 0 unspecified atom stereocenters. The van der Waals surface area contributed by atoms with Gasteiger partial charge < -0.3 is 9.64 Å².